The van der Waals surface area contributed by atoms with E-state index < -0.39 is 0 Å². The van der Waals surface area contributed by atoms with Crippen LogP contribution < -0.4 is 10.6 Å². The van der Waals surface area contributed by atoms with E-state index in [1.54, 1.807) is 6.20 Å². The number of nitrogens with one attached hydrogen (secondary N) is 2. The molecule has 2 N–H and O–H groups in total. The largest absolute Gasteiger partial charge is 0.364 e. The number of pyridine rings is 1. The van der Waals surface area contributed by atoms with Crippen LogP contribution >= 0.6 is 11.6 Å². The monoisotopic (exact) mass is 387 g/mol. The Balaban J connectivity index is 1.63. The summed E-state index contributed by atoms with van der Waals surface area (Å²) in [6, 6.07) is 25.1. The lowest BCUT2D eigenvalue weighted by Gasteiger charge is -2.12. The molecule has 0 unspecified atom stereocenters. The van der Waals surface area contributed by atoms with E-state index in [0.29, 0.717) is 23.2 Å². The summed E-state index contributed by atoms with van der Waals surface area (Å²) >= 11 is 5.98. The van der Waals surface area contributed by atoms with Gasteiger partial charge in [0.15, 0.2) is 5.82 Å². The Bertz CT molecular complexity index is 1040. The molecule has 0 amide bonds. The first-order chi connectivity index (χ1) is 13.8. The summed E-state index contributed by atoms with van der Waals surface area (Å²) in [7, 11) is 0. The minimum Gasteiger partial charge on any atom is -0.364 e. The number of anilines is 3. The zero-order valence-corrected chi connectivity index (χ0v) is 15.8. The van der Waals surface area contributed by atoms with E-state index >= 15 is 0 Å². The van der Waals surface area contributed by atoms with Crippen molar-refractivity contribution in [3.8, 4) is 11.4 Å². The van der Waals surface area contributed by atoms with E-state index in [9.17, 15) is 0 Å². The molecule has 4 rings (SSSR count). The van der Waals surface area contributed by atoms with Gasteiger partial charge in [0.2, 0.25) is 0 Å². The molecule has 0 saturated carbocycles. The fourth-order valence-corrected chi connectivity index (χ4v) is 2.81. The lowest BCUT2D eigenvalue weighted by molar-refractivity contribution is 1.02. The number of rotatable bonds is 6. The maximum absolute atomic E-state index is 5.98. The van der Waals surface area contributed by atoms with Crippen LogP contribution in [-0.4, -0.2) is 15.0 Å². The van der Waals surface area contributed by atoms with Gasteiger partial charge in [0.05, 0.1) is 12.2 Å². The molecule has 2 aromatic heterocycles. The number of aromatic nitrogens is 3. The van der Waals surface area contributed by atoms with Crippen LogP contribution in [0.4, 0.5) is 17.3 Å². The first-order valence-corrected chi connectivity index (χ1v) is 9.25. The molecule has 6 heteroatoms. The van der Waals surface area contributed by atoms with Crippen molar-refractivity contribution in [1.82, 2.24) is 15.0 Å². The van der Waals surface area contributed by atoms with E-state index in [1.807, 2.05) is 78.9 Å². The molecule has 28 heavy (non-hydrogen) atoms. The molecule has 4 aromatic rings. The van der Waals surface area contributed by atoms with Crippen molar-refractivity contribution in [3.05, 3.63) is 95.8 Å². The van der Waals surface area contributed by atoms with Crippen molar-refractivity contribution >= 4 is 28.9 Å². The van der Waals surface area contributed by atoms with E-state index in [2.05, 4.69) is 25.6 Å². The van der Waals surface area contributed by atoms with Gasteiger partial charge in [0, 0.05) is 28.5 Å². The molecule has 2 aromatic carbocycles. The Morgan fingerprint density at radius 3 is 2.29 bits per heavy atom. The predicted octanol–water partition coefficient (Wildman–Crippen LogP) is 5.55. The summed E-state index contributed by atoms with van der Waals surface area (Å²) in [5.41, 5.74) is 2.79. The summed E-state index contributed by atoms with van der Waals surface area (Å²) in [6.45, 7) is 0.576. The molecule has 0 aliphatic heterocycles. The van der Waals surface area contributed by atoms with Crippen molar-refractivity contribution in [2.45, 2.75) is 6.54 Å². The molecule has 0 spiro atoms. The highest BCUT2D eigenvalue weighted by Crippen LogP contribution is 2.23. The van der Waals surface area contributed by atoms with Gasteiger partial charge < -0.3 is 10.6 Å². The highest BCUT2D eigenvalue weighted by Gasteiger charge is 2.08. The molecule has 0 saturated heterocycles. The SMILES string of the molecule is Clc1ccc(Nc2cc(NCc3ccccn3)nc(-c3ccccc3)n2)cc1. The highest BCUT2D eigenvalue weighted by atomic mass is 35.5. The molecule has 0 bridgehead atoms. The van der Waals surface area contributed by atoms with E-state index in [-0.39, 0.29) is 0 Å². The number of hydrogen-bond acceptors (Lipinski definition) is 5. The average molecular weight is 388 g/mol. The molecular weight excluding hydrogens is 370 g/mol. The van der Waals surface area contributed by atoms with E-state index in [1.165, 1.54) is 0 Å². The van der Waals surface area contributed by atoms with Crippen LogP contribution in [0.2, 0.25) is 5.02 Å². The number of halogens is 1. The number of hydrogen-bond donors (Lipinski definition) is 2. The van der Waals surface area contributed by atoms with Crippen molar-refractivity contribution in [3.63, 3.8) is 0 Å². The number of benzene rings is 2. The zero-order valence-electron chi connectivity index (χ0n) is 15.0. The second-order valence-electron chi connectivity index (χ2n) is 6.13. The van der Waals surface area contributed by atoms with E-state index in [0.717, 1.165) is 22.8 Å². The Hall–Kier alpha value is -3.44. The van der Waals surface area contributed by atoms with Gasteiger partial charge in [-0.3, -0.25) is 4.98 Å². The summed E-state index contributed by atoms with van der Waals surface area (Å²) in [5, 5.41) is 7.34. The Morgan fingerprint density at radius 2 is 1.54 bits per heavy atom. The molecule has 5 nitrogen and oxygen atoms in total. The van der Waals surface area contributed by atoms with Gasteiger partial charge in [0.1, 0.15) is 11.6 Å². The van der Waals surface area contributed by atoms with E-state index in [4.69, 9.17) is 11.6 Å². The van der Waals surface area contributed by atoms with Crippen LogP contribution in [0.5, 0.6) is 0 Å². The third-order valence-corrected chi connectivity index (χ3v) is 4.30. The van der Waals surface area contributed by atoms with Gasteiger partial charge >= 0.3 is 0 Å². The van der Waals surface area contributed by atoms with Gasteiger partial charge in [-0.1, -0.05) is 48.0 Å². The molecule has 0 fully saturated rings. The fourth-order valence-electron chi connectivity index (χ4n) is 2.68. The lowest BCUT2D eigenvalue weighted by atomic mass is 10.2. The van der Waals surface area contributed by atoms with Crippen LogP contribution in [-0.2, 0) is 6.54 Å². The predicted molar refractivity (Wildman–Crippen MR) is 114 cm³/mol. The molecule has 0 aliphatic rings. The third kappa shape index (κ3) is 4.64. The molecule has 0 aliphatic carbocycles. The fraction of sp³-hybridized carbons (Fsp3) is 0.0455. The molecule has 0 radical (unpaired) electrons. The summed E-state index contributed by atoms with van der Waals surface area (Å²) in [5.74, 6) is 2.05. The molecular formula is C22H18ClN5. The summed E-state index contributed by atoms with van der Waals surface area (Å²) < 4.78 is 0. The minimum atomic E-state index is 0.576. The molecule has 138 valence electrons. The van der Waals surface area contributed by atoms with Crippen LogP contribution in [0.25, 0.3) is 11.4 Å². The lowest BCUT2D eigenvalue weighted by Crippen LogP contribution is -2.06. The topological polar surface area (TPSA) is 62.7 Å². The van der Waals surface area contributed by atoms with Crippen LogP contribution in [0, 0.1) is 0 Å². The Kier molecular flexibility index (Phi) is 5.45. The molecule has 0 atom stereocenters. The second-order valence-corrected chi connectivity index (χ2v) is 6.57. The van der Waals surface area contributed by atoms with Crippen molar-refractivity contribution < 1.29 is 0 Å². The van der Waals surface area contributed by atoms with Crippen LogP contribution in [0.15, 0.2) is 85.1 Å². The zero-order chi connectivity index (χ0) is 19.2. The first kappa shape index (κ1) is 17.9. The maximum atomic E-state index is 5.98. The van der Waals surface area contributed by atoms with Crippen LogP contribution in [0.3, 0.4) is 0 Å². The summed E-state index contributed by atoms with van der Waals surface area (Å²) in [6.07, 6.45) is 1.78. The minimum absolute atomic E-state index is 0.576. The van der Waals surface area contributed by atoms with Gasteiger partial charge in [-0.05, 0) is 36.4 Å². The van der Waals surface area contributed by atoms with Gasteiger partial charge in [-0.2, -0.15) is 0 Å². The highest BCUT2D eigenvalue weighted by molar-refractivity contribution is 6.30. The third-order valence-electron chi connectivity index (χ3n) is 4.05. The van der Waals surface area contributed by atoms with Gasteiger partial charge in [-0.25, -0.2) is 9.97 Å². The second kappa shape index (κ2) is 8.50. The van der Waals surface area contributed by atoms with Gasteiger partial charge in [-0.15, -0.1) is 0 Å². The summed E-state index contributed by atoms with van der Waals surface area (Å²) in [4.78, 5) is 13.7. The van der Waals surface area contributed by atoms with Crippen LogP contribution in [0.1, 0.15) is 5.69 Å². The van der Waals surface area contributed by atoms with Crippen molar-refractivity contribution in [2.75, 3.05) is 10.6 Å². The maximum Gasteiger partial charge on any atom is 0.163 e. The number of nitrogens with zero attached hydrogens (tertiary/aromatic N) is 3. The van der Waals surface area contributed by atoms with Crippen molar-refractivity contribution in [1.29, 1.82) is 0 Å². The standard InChI is InChI=1S/C22H18ClN5/c23-17-9-11-18(12-10-17)26-21-14-20(25-15-19-8-4-5-13-24-19)27-22(28-21)16-6-2-1-3-7-16/h1-14H,15H2,(H2,25,26,27,28). The molecule has 2 heterocycles. The quantitative estimate of drug-likeness (QED) is 0.454. The van der Waals surface area contributed by atoms with Crippen molar-refractivity contribution in [2.24, 2.45) is 0 Å². The Labute approximate surface area is 168 Å². The average Bonchev–Trinajstić information content (AvgIpc) is 2.75. The smallest absolute Gasteiger partial charge is 0.163 e. The Morgan fingerprint density at radius 1 is 0.786 bits per heavy atom. The first-order valence-electron chi connectivity index (χ1n) is 8.87. The normalized spacial score (nSPS) is 10.5. The van der Waals surface area contributed by atoms with Gasteiger partial charge in [0.25, 0.3) is 0 Å².